The molecule has 1 saturated heterocycles. The quantitative estimate of drug-likeness (QED) is 0.257. The number of carbonyl (C=O) groups excluding carboxylic acids is 1. The summed E-state index contributed by atoms with van der Waals surface area (Å²) in [5.74, 6) is 0.365. The van der Waals surface area contributed by atoms with Gasteiger partial charge in [0.2, 0.25) is 0 Å². The van der Waals surface area contributed by atoms with Gasteiger partial charge < -0.3 is 25.0 Å². The second-order valence-corrected chi connectivity index (χ2v) is 9.14. The highest BCUT2D eigenvalue weighted by Gasteiger charge is 2.58. The Labute approximate surface area is 175 Å². The fourth-order valence-electron chi connectivity index (χ4n) is 5.35. The Balaban J connectivity index is 1.61. The van der Waals surface area contributed by atoms with Crippen molar-refractivity contribution in [1.29, 1.82) is 0 Å². The third-order valence-electron chi connectivity index (χ3n) is 7.31. The molecule has 7 heteroatoms. The van der Waals surface area contributed by atoms with Gasteiger partial charge in [-0.25, -0.2) is 4.79 Å². The molecule has 2 aliphatic carbocycles. The van der Waals surface area contributed by atoms with Gasteiger partial charge in [-0.05, 0) is 74.6 Å². The maximum absolute atomic E-state index is 12.8. The summed E-state index contributed by atoms with van der Waals surface area (Å²) < 4.78 is 13.2. The number of nitrogens with two attached hydrogens (primary N) is 1. The van der Waals surface area contributed by atoms with E-state index in [0.29, 0.717) is 24.6 Å². The molecular formula is C23H29N3O4. The van der Waals surface area contributed by atoms with Gasteiger partial charge in [0.05, 0.1) is 12.2 Å². The van der Waals surface area contributed by atoms with E-state index in [4.69, 9.17) is 15.2 Å². The number of esters is 1. The number of fused-ring (bicyclic) bond motifs is 1. The minimum atomic E-state index is -0.698. The van der Waals surface area contributed by atoms with Gasteiger partial charge in [0.15, 0.2) is 5.84 Å². The molecule has 3 aliphatic rings. The summed E-state index contributed by atoms with van der Waals surface area (Å²) in [6.45, 7) is 4.94. The zero-order valence-corrected chi connectivity index (χ0v) is 17.6. The number of rotatable bonds is 5. The average molecular weight is 412 g/mol. The van der Waals surface area contributed by atoms with Gasteiger partial charge in [0, 0.05) is 17.5 Å². The molecule has 160 valence electrons. The Morgan fingerprint density at radius 3 is 2.77 bits per heavy atom. The summed E-state index contributed by atoms with van der Waals surface area (Å²) in [7, 11) is 0. The number of nitrogens with zero attached hydrogens (tertiary/aromatic N) is 2. The fraction of sp³-hybridized carbons (Fsp3) is 0.565. The van der Waals surface area contributed by atoms with Gasteiger partial charge in [-0.3, -0.25) is 0 Å². The lowest BCUT2D eigenvalue weighted by atomic mass is 9.87. The van der Waals surface area contributed by atoms with E-state index in [2.05, 4.69) is 23.4 Å². The van der Waals surface area contributed by atoms with E-state index in [1.165, 1.54) is 5.56 Å². The van der Waals surface area contributed by atoms with Crippen molar-refractivity contribution in [2.24, 2.45) is 16.8 Å². The van der Waals surface area contributed by atoms with Gasteiger partial charge in [-0.2, -0.15) is 0 Å². The molecule has 5 rings (SSSR count). The Morgan fingerprint density at radius 1 is 1.37 bits per heavy atom. The number of amidine groups is 1. The summed E-state index contributed by atoms with van der Waals surface area (Å²) in [5.41, 5.74) is 8.18. The standard InChI is InChI=1S/C23H29N3O4/c1-3-29-20(27)19-11-17-10-15(16-6-9-30-22(13-16)7-8-22)4-5-18(17)26(19)23(12-14(23)2)21(24)25-28/h4-5,10-11,14,16,28H,3,6-9,12-13H2,1-2H3,(H2,24,25)/t14-,16?,23-/m0/s1. The Bertz CT molecular complexity index is 1040. The van der Waals surface area contributed by atoms with E-state index < -0.39 is 5.54 Å². The molecule has 3 N–H and O–H groups in total. The Morgan fingerprint density at radius 2 is 2.13 bits per heavy atom. The summed E-state index contributed by atoms with van der Waals surface area (Å²) in [5, 5.41) is 13.7. The van der Waals surface area contributed by atoms with E-state index in [0.717, 1.165) is 43.2 Å². The van der Waals surface area contributed by atoms with Gasteiger partial charge >= 0.3 is 5.97 Å². The van der Waals surface area contributed by atoms with Gasteiger partial charge in [0.1, 0.15) is 11.2 Å². The molecule has 1 aromatic carbocycles. The van der Waals surface area contributed by atoms with E-state index >= 15 is 0 Å². The molecule has 1 aliphatic heterocycles. The highest BCUT2D eigenvalue weighted by Crippen LogP contribution is 2.53. The van der Waals surface area contributed by atoms with Gasteiger partial charge in [0.25, 0.3) is 0 Å². The fourth-order valence-corrected chi connectivity index (χ4v) is 5.35. The summed E-state index contributed by atoms with van der Waals surface area (Å²) in [6.07, 6.45) is 5.12. The zero-order valence-electron chi connectivity index (χ0n) is 17.6. The smallest absolute Gasteiger partial charge is 0.355 e. The first-order valence-corrected chi connectivity index (χ1v) is 10.9. The molecule has 1 spiro atoms. The SMILES string of the molecule is CCOC(=O)c1cc2cc(C3CCOC4(CC4)C3)ccc2n1[C@@]1(C(N)=NO)C[C@@H]1C. The summed E-state index contributed by atoms with van der Waals surface area (Å²) >= 11 is 0. The van der Waals surface area contributed by atoms with Crippen LogP contribution in [0.15, 0.2) is 29.4 Å². The van der Waals surface area contributed by atoms with Crippen LogP contribution in [0.25, 0.3) is 10.9 Å². The number of oxime groups is 1. The molecule has 30 heavy (non-hydrogen) atoms. The van der Waals surface area contributed by atoms with E-state index in [1.807, 2.05) is 17.6 Å². The predicted molar refractivity (Wildman–Crippen MR) is 113 cm³/mol. The average Bonchev–Trinajstić information content (AvgIpc) is 3.61. The van der Waals surface area contributed by atoms with Crippen molar-refractivity contribution in [3.05, 3.63) is 35.5 Å². The highest BCUT2D eigenvalue weighted by molar-refractivity contribution is 6.00. The topological polar surface area (TPSA) is 99.1 Å². The van der Waals surface area contributed by atoms with Crippen LogP contribution in [0.5, 0.6) is 0 Å². The summed E-state index contributed by atoms with van der Waals surface area (Å²) in [4.78, 5) is 12.8. The number of hydrogen-bond donors (Lipinski definition) is 2. The Hall–Kier alpha value is -2.54. The molecule has 3 fully saturated rings. The van der Waals surface area contributed by atoms with Crippen LogP contribution in [0.1, 0.15) is 67.9 Å². The number of hydrogen-bond acceptors (Lipinski definition) is 5. The number of aromatic nitrogens is 1. The lowest BCUT2D eigenvalue weighted by molar-refractivity contribution is -0.0132. The zero-order chi connectivity index (χ0) is 21.1. The lowest BCUT2D eigenvalue weighted by Crippen LogP contribution is -2.38. The number of benzene rings is 1. The van der Waals surface area contributed by atoms with Crippen LogP contribution in [0.4, 0.5) is 0 Å². The van der Waals surface area contributed by atoms with E-state index in [-0.39, 0.29) is 23.3 Å². The molecule has 0 bridgehead atoms. The van der Waals surface area contributed by atoms with Crippen LogP contribution in [0, 0.1) is 5.92 Å². The molecule has 3 atom stereocenters. The second kappa shape index (κ2) is 6.74. The van der Waals surface area contributed by atoms with Crippen LogP contribution < -0.4 is 5.73 Å². The predicted octanol–water partition coefficient (Wildman–Crippen LogP) is 3.73. The molecule has 7 nitrogen and oxygen atoms in total. The molecule has 2 saturated carbocycles. The van der Waals surface area contributed by atoms with Crippen molar-refractivity contribution >= 4 is 22.7 Å². The maximum Gasteiger partial charge on any atom is 0.355 e. The third kappa shape index (κ3) is 2.82. The third-order valence-corrected chi connectivity index (χ3v) is 7.31. The van der Waals surface area contributed by atoms with Crippen molar-refractivity contribution < 1.29 is 19.5 Å². The van der Waals surface area contributed by atoms with Crippen molar-refractivity contribution in [1.82, 2.24) is 4.57 Å². The molecule has 2 aromatic rings. The second-order valence-electron chi connectivity index (χ2n) is 9.14. The van der Waals surface area contributed by atoms with Crippen LogP contribution in [0.2, 0.25) is 0 Å². The van der Waals surface area contributed by atoms with Gasteiger partial charge in [-0.15, -0.1) is 0 Å². The molecule has 1 unspecified atom stereocenters. The maximum atomic E-state index is 12.8. The van der Waals surface area contributed by atoms with Crippen molar-refractivity contribution in [2.45, 2.75) is 63.0 Å². The van der Waals surface area contributed by atoms with E-state index in [1.54, 1.807) is 6.92 Å². The van der Waals surface area contributed by atoms with Crippen LogP contribution in [-0.2, 0) is 15.0 Å². The normalized spacial score (nSPS) is 29.9. The van der Waals surface area contributed by atoms with Crippen LogP contribution in [-0.4, -0.2) is 40.4 Å². The molecule has 2 heterocycles. The van der Waals surface area contributed by atoms with Crippen molar-refractivity contribution in [2.75, 3.05) is 13.2 Å². The van der Waals surface area contributed by atoms with Crippen molar-refractivity contribution in [3.8, 4) is 0 Å². The van der Waals surface area contributed by atoms with Crippen LogP contribution >= 0.6 is 0 Å². The minimum Gasteiger partial charge on any atom is -0.461 e. The lowest BCUT2D eigenvalue weighted by Gasteiger charge is -2.30. The minimum absolute atomic E-state index is 0.111. The largest absolute Gasteiger partial charge is 0.461 e. The Kier molecular flexibility index (Phi) is 4.36. The number of ether oxygens (including phenoxy) is 2. The first kappa shape index (κ1) is 19.4. The van der Waals surface area contributed by atoms with E-state index in [9.17, 15) is 10.0 Å². The highest BCUT2D eigenvalue weighted by atomic mass is 16.5. The van der Waals surface area contributed by atoms with Gasteiger partial charge in [-0.1, -0.05) is 18.1 Å². The monoisotopic (exact) mass is 411 g/mol. The molecule has 1 aromatic heterocycles. The van der Waals surface area contributed by atoms with Crippen molar-refractivity contribution in [3.63, 3.8) is 0 Å². The summed E-state index contributed by atoms with van der Waals surface area (Å²) in [6, 6.07) is 8.31. The molecule has 0 radical (unpaired) electrons. The first-order chi connectivity index (χ1) is 14.4. The number of carbonyl (C=O) groups is 1. The first-order valence-electron chi connectivity index (χ1n) is 10.9. The van der Waals surface area contributed by atoms with Crippen LogP contribution in [0.3, 0.4) is 0 Å². The molecule has 0 amide bonds. The molecular weight excluding hydrogens is 382 g/mol.